The fourth-order valence-corrected chi connectivity index (χ4v) is 2.39. The minimum Gasteiger partial charge on any atom is -0.507 e. The second-order valence-corrected chi connectivity index (χ2v) is 5.25. The van der Waals surface area contributed by atoms with Gasteiger partial charge in [-0.2, -0.15) is 5.10 Å². The zero-order chi connectivity index (χ0) is 17.1. The zero-order valence-electron chi connectivity index (χ0n) is 12.5. The van der Waals surface area contributed by atoms with E-state index in [0.717, 1.165) is 5.56 Å². The fourth-order valence-electron chi connectivity index (χ4n) is 2.39. The Hall–Kier alpha value is -3.48. The quantitative estimate of drug-likeness (QED) is 0.566. The molecule has 3 aromatic rings. The van der Waals surface area contributed by atoms with Crippen LogP contribution in [0.5, 0.6) is 5.75 Å². The predicted molar refractivity (Wildman–Crippen MR) is 87.9 cm³/mol. The number of nitro groups is 1. The third-order valence-corrected chi connectivity index (χ3v) is 3.55. The van der Waals surface area contributed by atoms with Crippen molar-refractivity contribution in [3.8, 4) is 16.9 Å². The topological polar surface area (TPSA) is 109 Å². The van der Waals surface area contributed by atoms with Gasteiger partial charge in [0.1, 0.15) is 5.75 Å². The average Bonchev–Trinajstić information content (AvgIpc) is 2.58. The van der Waals surface area contributed by atoms with Gasteiger partial charge in [0.15, 0.2) is 0 Å². The lowest BCUT2D eigenvalue weighted by Crippen LogP contribution is -2.07. The largest absolute Gasteiger partial charge is 0.507 e. The summed E-state index contributed by atoms with van der Waals surface area (Å²) in [6.07, 6.45) is 0.457. The van der Waals surface area contributed by atoms with E-state index in [-0.39, 0.29) is 17.0 Å². The molecular formula is C17H13N3O4. The Kier molecular flexibility index (Phi) is 4.07. The molecule has 24 heavy (non-hydrogen) atoms. The Morgan fingerprint density at radius 2 is 1.96 bits per heavy atom. The van der Waals surface area contributed by atoms with Gasteiger partial charge in [0.2, 0.25) is 0 Å². The van der Waals surface area contributed by atoms with Crippen molar-refractivity contribution >= 4 is 5.69 Å². The molecule has 0 atom stereocenters. The Morgan fingerprint density at radius 1 is 1.12 bits per heavy atom. The number of aromatic hydroxyl groups is 1. The van der Waals surface area contributed by atoms with Gasteiger partial charge in [-0.25, -0.2) is 5.10 Å². The lowest BCUT2D eigenvalue weighted by atomic mass is 9.99. The molecule has 1 heterocycles. The Balaban J connectivity index is 1.97. The van der Waals surface area contributed by atoms with Crippen molar-refractivity contribution in [3.63, 3.8) is 0 Å². The molecule has 0 aliphatic heterocycles. The van der Waals surface area contributed by atoms with Crippen LogP contribution in [0.4, 0.5) is 5.69 Å². The smallest absolute Gasteiger partial charge is 0.270 e. The highest BCUT2D eigenvalue weighted by Crippen LogP contribution is 2.32. The number of nitrogens with one attached hydrogen (secondary N) is 1. The van der Waals surface area contributed by atoms with Crippen LogP contribution < -0.4 is 5.56 Å². The molecule has 0 spiro atoms. The molecule has 0 fully saturated rings. The molecule has 0 aliphatic rings. The second kappa shape index (κ2) is 6.33. The second-order valence-electron chi connectivity index (χ2n) is 5.25. The van der Waals surface area contributed by atoms with Crippen LogP contribution >= 0.6 is 0 Å². The van der Waals surface area contributed by atoms with E-state index in [1.54, 1.807) is 30.3 Å². The number of nitro benzene ring substituents is 1. The van der Waals surface area contributed by atoms with Crippen LogP contribution in [0, 0.1) is 10.1 Å². The summed E-state index contributed by atoms with van der Waals surface area (Å²) in [5, 5.41) is 27.3. The van der Waals surface area contributed by atoms with Gasteiger partial charge in [-0.1, -0.05) is 18.2 Å². The number of nitrogens with zero attached hydrogens (tertiary/aromatic N) is 2. The zero-order valence-corrected chi connectivity index (χ0v) is 12.5. The fraction of sp³-hybridized carbons (Fsp3) is 0.0588. The minimum atomic E-state index is -0.478. The summed E-state index contributed by atoms with van der Waals surface area (Å²) in [4.78, 5) is 21.5. The lowest BCUT2D eigenvalue weighted by molar-refractivity contribution is -0.384. The van der Waals surface area contributed by atoms with E-state index in [2.05, 4.69) is 10.2 Å². The minimum absolute atomic E-state index is 0.0358. The maximum absolute atomic E-state index is 11.0. The summed E-state index contributed by atoms with van der Waals surface area (Å²) < 4.78 is 0. The van der Waals surface area contributed by atoms with Gasteiger partial charge in [0.25, 0.3) is 11.2 Å². The molecule has 0 radical (unpaired) electrons. The van der Waals surface area contributed by atoms with Gasteiger partial charge < -0.3 is 5.11 Å². The highest BCUT2D eigenvalue weighted by Gasteiger charge is 2.11. The molecule has 7 nitrogen and oxygen atoms in total. The number of non-ortho nitro benzene ring substituents is 1. The van der Waals surface area contributed by atoms with E-state index in [0.29, 0.717) is 23.2 Å². The van der Waals surface area contributed by atoms with Crippen LogP contribution in [-0.2, 0) is 6.42 Å². The van der Waals surface area contributed by atoms with Gasteiger partial charge in [-0.3, -0.25) is 14.9 Å². The third-order valence-electron chi connectivity index (χ3n) is 3.55. The molecule has 0 saturated carbocycles. The van der Waals surface area contributed by atoms with Crippen LogP contribution in [0.3, 0.4) is 0 Å². The highest BCUT2D eigenvalue weighted by molar-refractivity contribution is 5.72. The number of phenolic OH excluding ortho intramolecular Hbond substituents is 1. The molecule has 0 aliphatic carbocycles. The summed E-state index contributed by atoms with van der Waals surface area (Å²) in [5.74, 6) is 0.0358. The Bertz CT molecular complexity index is 946. The maximum Gasteiger partial charge on any atom is 0.270 e. The van der Waals surface area contributed by atoms with E-state index in [1.807, 2.05) is 0 Å². The molecule has 0 bridgehead atoms. The molecule has 120 valence electrons. The number of phenols is 1. The number of benzene rings is 2. The molecule has 1 aromatic heterocycles. The number of hydrogen-bond acceptors (Lipinski definition) is 5. The molecule has 7 heteroatoms. The normalized spacial score (nSPS) is 10.5. The molecule has 2 aromatic carbocycles. The van der Waals surface area contributed by atoms with Crippen molar-refractivity contribution in [2.75, 3.05) is 0 Å². The van der Waals surface area contributed by atoms with E-state index in [9.17, 15) is 20.0 Å². The van der Waals surface area contributed by atoms with E-state index in [4.69, 9.17) is 0 Å². The summed E-state index contributed by atoms with van der Waals surface area (Å²) in [7, 11) is 0. The Labute approximate surface area is 136 Å². The molecule has 0 amide bonds. The summed E-state index contributed by atoms with van der Waals surface area (Å²) >= 11 is 0. The third kappa shape index (κ3) is 3.30. The van der Waals surface area contributed by atoms with Gasteiger partial charge >= 0.3 is 0 Å². The first-order chi connectivity index (χ1) is 11.5. The molecular weight excluding hydrogens is 310 g/mol. The number of aromatic amines is 1. The molecule has 3 rings (SSSR count). The maximum atomic E-state index is 11.0. The molecule has 0 unspecified atom stereocenters. The average molecular weight is 323 g/mol. The van der Waals surface area contributed by atoms with Gasteiger partial charge in [-0.15, -0.1) is 0 Å². The van der Waals surface area contributed by atoms with Crippen LogP contribution in [0.2, 0.25) is 0 Å². The van der Waals surface area contributed by atoms with Crippen molar-refractivity contribution in [2.45, 2.75) is 6.42 Å². The van der Waals surface area contributed by atoms with Crippen molar-refractivity contribution in [1.82, 2.24) is 10.2 Å². The number of hydrogen-bond donors (Lipinski definition) is 2. The predicted octanol–water partition coefficient (Wildman–Crippen LogP) is 2.64. The molecule has 0 saturated heterocycles. The standard InChI is InChI=1S/C17H13N3O4/c21-16-6-4-11(8-13-5-7-17(22)19-18-13)9-15(16)12-2-1-3-14(10-12)20(23)24/h1-7,9-10,21H,8H2,(H,19,22). The number of rotatable bonds is 4. The van der Waals surface area contributed by atoms with Crippen LogP contribution in [-0.4, -0.2) is 20.2 Å². The molecule has 2 N–H and O–H groups in total. The van der Waals surface area contributed by atoms with Crippen molar-refractivity contribution in [3.05, 3.63) is 86.3 Å². The van der Waals surface area contributed by atoms with Crippen LogP contribution in [0.1, 0.15) is 11.3 Å². The van der Waals surface area contributed by atoms with E-state index < -0.39 is 4.92 Å². The van der Waals surface area contributed by atoms with Crippen molar-refractivity contribution < 1.29 is 10.0 Å². The SMILES string of the molecule is O=c1ccc(Cc2ccc(O)c(-c3cccc([N+](=O)[O-])c3)c2)n[nH]1. The highest BCUT2D eigenvalue weighted by atomic mass is 16.6. The first-order valence-corrected chi connectivity index (χ1v) is 7.14. The first kappa shape index (κ1) is 15.4. The number of H-pyrrole nitrogens is 1. The van der Waals surface area contributed by atoms with Crippen molar-refractivity contribution in [2.24, 2.45) is 0 Å². The van der Waals surface area contributed by atoms with Crippen molar-refractivity contribution in [1.29, 1.82) is 0 Å². The monoisotopic (exact) mass is 323 g/mol. The van der Waals surface area contributed by atoms with Crippen LogP contribution in [0.25, 0.3) is 11.1 Å². The Morgan fingerprint density at radius 3 is 2.67 bits per heavy atom. The van der Waals surface area contributed by atoms with Gasteiger partial charge in [0.05, 0.1) is 10.6 Å². The van der Waals surface area contributed by atoms with E-state index in [1.165, 1.54) is 24.3 Å². The van der Waals surface area contributed by atoms with Crippen LogP contribution in [0.15, 0.2) is 59.4 Å². The van der Waals surface area contributed by atoms with Gasteiger partial charge in [0, 0.05) is 30.2 Å². The summed E-state index contributed by atoms with van der Waals surface area (Å²) in [5.41, 5.74) is 2.26. The summed E-state index contributed by atoms with van der Waals surface area (Å²) in [6.45, 7) is 0. The lowest BCUT2D eigenvalue weighted by Gasteiger charge is -2.08. The first-order valence-electron chi connectivity index (χ1n) is 7.14. The van der Waals surface area contributed by atoms with Gasteiger partial charge in [-0.05, 0) is 29.3 Å². The number of aromatic nitrogens is 2. The summed E-state index contributed by atoms with van der Waals surface area (Å²) in [6, 6.07) is 14.1. The van der Waals surface area contributed by atoms with E-state index >= 15 is 0 Å².